The second kappa shape index (κ2) is 6.62. The normalized spacial score (nSPS) is 12.1. The molecule has 0 fully saturated rings. The first-order chi connectivity index (χ1) is 11.6. The predicted molar refractivity (Wildman–Crippen MR) is 90.4 cm³/mol. The van der Waals surface area contributed by atoms with Crippen molar-refractivity contribution in [3.8, 4) is 0 Å². The van der Waals surface area contributed by atoms with Gasteiger partial charge >= 0.3 is 0 Å². The van der Waals surface area contributed by atoms with Crippen LogP contribution in [0.1, 0.15) is 19.4 Å². The molecule has 1 aromatic heterocycles. The highest BCUT2D eigenvalue weighted by atomic mass is 19.1. The quantitative estimate of drug-likeness (QED) is 0.801. The Morgan fingerprint density at radius 2 is 1.92 bits per heavy atom. The highest BCUT2D eigenvalue weighted by Gasteiger charge is 2.21. The average Bonchev–Trinajstić information content (AvgIpc) is 2.60. The molecular weight excluding hydrogens is 309 g/mol. The molecule has 0 aliphatic carbocycles. The number of benzene rings is 2. The first kappa shape index (κ1) is 15.9. The molecule has 6 heteroatoms. The third-order valence-electron chi connectivity index (χ3n) is 3.85. The number of hydrogen-bond donors (Lipinski definition) is 1. The lowest BCUT2D eigenvalue weighted by atomic mass is 10.1. The number of fused-ring (bicyclic) bond motifs is 1. The van der Waals surface area contributed by atoms with Crippen molar-refractivity contribution < 1.29 is 9.18 Å². The molecule has 1 N–H and O–H groups in total. The van der Waals surface area contributed by atoms with E-state index in [-0.39, 0.29) is 11.2 Å². The molecule has 0 aliphatic rings. The van der Waals surface area contributed by atoms with Crippen LogP contribution >= 0.6 is 0 Å². The Morgan fingerprint density at radius 3 is 2.67 bits per heavy atom. The van der Waals surface area contributed by atoms with E-state index < -0.39 is 17.8 Å². The summed E-state index contributed by atoms with van der Waals surface area (Å²) in [6.45, 7) is 1.78. The van der Waals surface area contributed by atoms with Crippen LogP contribution < -0.4 is 10.9 Å². The van der Waals surface area contributed by atoms with Gasteiger partial charge in [-0.15, -0.1) is 0 Å². The van der Waals surface area contributed by atoms with Crippen LogP contribution in [0, 0.1) is 5.82 Å². The predicted octanol–water partition coefficient (Wildman–Crippen LogP) is 3.13. The molecule has 1 amide bonds. The maximum absolute atomic E-state index is 13.7. The van der Waals surface area contributed by atoms with Gasteiger partial charge in [-0.2, -0.15) is 0 Å². The maximum Gasteiger partial charge on any atom is 0.261 e. The van der Waals surface area contributed by atoms with E-state index >= 15 is 0 Å². The van der Waals surface area contributed by atoms with Crippen molar-refractivity contribution in [1.29, 1.82) is 0 Å². The summed E-state index contributed by atoms with van der Waals surface area (Å²) in [5.74, 6) is -0.980. The Labute approximate surface area is 137 Å². The molecule has 3 rings (SSSR count). The summed E-state index contributed by atoms with van der Waals surface area (Å²) in [5, 5.41) is 2.98. The number of amides is 1. The van der Waals surface area contributed by atoms with E-state index in [2.05, 4.69) is 10.3 Å². The Morgan fingerprint density at radius 1 is 1.21 bits per heavy atom. The van der Waals surface area contributed by atoms with Crippen molar-refractivity contribution in [2.45, 2.75) is 19.4 Å². The number of anilines is 1. The van der Waals surface area contributed by atoms with Gasteiger partial charge in [-0.3, -0.25) is 14.2 Å². The van der Waals surface area contributed by atoms with Gasteiger partial charge < -0.3 is 5.32 Å². The van der Waals surface area contributed by atoms with Gasteiger partial charge in [0.15, 0.2) is 0 Å². The molecule has 2 aromatic carbocycles. The fraction of sp³-hybridized carbons (Fsp3) is 0.167. The van der Waals surface area contributed by atoms with E-state index in [4.69, 9.17) is 0 Å². The van der Waals surface area contributed by atoms with E-state index in [1.54, 1.807) is 43.3 Å². The molecule has 0 spiro atoms. The summed E-state index contributed by atoms with van der Waals surface area (Å²) in [6.07, 6.45) is 1.74. The van der Waals surface area contributed by atoms with Crippen molar-refractivity contribution in [3.63, 3.8) is 0 Å². The van der Waals surface area contributed by atoms with Crippen LogP contribution in [-0.2, 0) is 4.79 Å². The number of aromatic nitrogens is 2. The van der Waals surface area contributed by atoms with E-state index in [1.165, 1.54) is 23.0 Å². The first-order valence-electron chi connectivity index (χ1n) is 7.63. The van der Waals surface area contributed by atoms with Gasteiger partial charge in [0.25, 0.3) is 5.56 Å². The van der Waals surface area contributed by atoms with Gasteiger partial charge in [0.05, 0.1) is 22.9 Å². The fourth-order valence-electron chi connectivity index (χ4n) is 2.59. The zero-order valence-electron chi connectivity index (χ0n) is 13.1. The molecule has 3 aromatic rings. The van der Waals surface area contributed by atoms with Gasteiger partial charge in [0, 0.05) is 0 Å². The van der Waals surface area contributed by atoms with E-state index in [0.717, 1.165) is 0 Å². The second-order valence-electron chi connectivity index (χ2n) is 5.37. The molecule has 5 nitrogen and oxygen atoms in total. The molecule has 0 bridgehead atoms. The van der Waals surface area contributed by atoms with Crippen molar-refractivity contribution in [1.82, 2.24) is 9.55 Å². The first-order valence-corrected chi connectivity index (χ1v) is 7.63. The summed E-state index contributed by atoms with van der Waals surface area (Å²) < 4.78 is 15.0. The highest BCUT2D eigenvalue weighted by Crippen LogP contribution is 2.17. The van der Waals surface area contributed by atoms with Crippen LogP contribution in [-0.4, -0.2) is 15.5 Å². The smallest absolute Gasteiger partial charge is 0.261 e. The van der Waals surface area contributed by atoms with Crippen molar-refractivity contribution in [3.05, 3.63) is 71.0 Å². The van der Waals surface area contributed by atoms with Gasteiger partial charge in [-0.1, -0.05) is 31.2 Å². The van der Waals surface area contributed by atoms with Crippen LogP contribution in [0.2, 0.25) is 0 Å². The fourth-order valence-corrected chi connectivity index (χ4v) is 2.59. The third kappa shape index (κ3) is 2.90. The van der Waals surface area contributed by atoms with Gasteiger partial charge in [0.2, 0.25) is 5.91 Å². The summed E-state index contributed by atoms with van der Waals surface area (Å²) in [5.41, 5.74) is 0.363. The Balaban J connectivity index is 1.97. The van der Waals surface area contributed by atoms with Crippen molar-refractivity contribution >= 4 is 22.5 Å². The molecule has 1 heterocycles. The van der Waals surface area contributed by atoms with Crippen molar-refractivity contribution in [2.75, 3.05) is 5.32 Å². The number of nitrogens with zero attached hydrogens (tertiary/aromatic N) is 2. The topological polar surface area (TPSA) is 64.0 Å². The van der Waals surface area contributed by atoms with Crippen LogP contribution in [0.5, 0.6) is 0 Å². The van der Waals surface area contributed by atoms with Gasteiger partial charge in [0.1, 0.15) is 11.9 Å². The zero-order valence-corrected chi connectivity index (χ0v) is 13.1. The Kier molecular flexibility index (Phi) is 4.37. The number of hydrogen-bond acceptors (Lipinski definition) is 3. The number of halogens is 1. The molecule has 0 aliphatic heterocycles. The highest BCUT2D eigenvalue weighted by molar-refractivity contribution is 5.94. The minimum absolute atomic E-state index is 0.0859. The van der Waals surface area contributed by atoms with Gasteiger partial charge in [-0.05, 0) is 30.7 Å². The standard InChI is InChI=1S/C18H16FN3O2/c1-2-16(17(23)21-15-10-6-4-8-13(15)19)22-11-20-14-9-5-3-7-12(14)18(22)24/h3-11,16H,2H2,1H3,(H,21,23)/t16-/m0/s1. The van der Waals surface area contributed by atoms with Crippen LogP contribution in [0.4, 0.5) is 10.1 Å². The molecule has 0 radical (unpaired) electrons. The minimum Gasteiger partial charge on any atom is -0.322 e. The number of rotatable bonds is 4. The SMILES string of the molecule is CC[C@@H](C(=O)Nc1ccccc1F)n1cnc2ccccc2c1=O. The maximum atomic E-state index is 13.7. The molecule has 24 heavy (non-hydrogen) atoms. The number of carbonyl (C=O) groups excluding carboxylic acids is 1. The van der Waals surface area contributed by atoms with E-state index in [1.807, 2.05) is 0 Å². The molecule has 0 unspecified atom stereocenters. The van der Waals surface area contributed by atoms with Crippen molar-refractivity contribution in [2.24, 2.45) is 0 Å². The van der Waals surface area contributed by atoms with Crippen LogP contribution in [0.15, 0.2) is 59.7 Å². The zero-order chi connectivity index (χ0) is 17.1. The van der Waals surface area contributed by atoms with Crippen LogP contribution in [0.3, 0.4) is 0 Å². The number of carbonyl (C=O) groups is 1. The largest absolute Gasteiger partial charge is 0.322 e. The third-order valence-corrected chi connectivity index (χ3v) is 3.85. The van der Waals surface area contributed by atoms with Gasteiger partial charge in [-0.25, -0.2) is 9.37 Å². The Hall–Kier alpha value is -3.02. The van der Waals surface area contributed by atoms with E-state index in [0.29, 0.717) is 17.3 Å². The number of para-hydroxylation sites is 2. The summed E-state index contributed by atoms with van der Waals surface area (Å²) in [4.78, 5) is 29.4. The molecule has 0 saturated heterocycles. The summed E-state index contributed by atoms with van der Waals surface area (Å²) in [6, 6.07) is 12.1. The lowest BCUT2D eigenvalue weighted by Crippen LogP contribution is -2.33. The molecule has 1 atom stereocenters. The molecule has 122 valence electrons. The monoisotopic (exact) mass is 325 g/mol. The molecular formula is C18H16FN3O2. The van der Waals surface area contributed by atoms with E-state index in [9.17, 15) is 14.0 Å². The second-order valence-corrected chi connectivity index (χ2v) is 5.37. The van der Waals surface area contributed by atoms with Crippen LogP contribution in [0.25, 0.3) is 10.9 Å². The summed E-state index contributed by atoms with van der Waals surface area (Å²) >= 11 is 0. The number of nitrogens with one attached hydrogen (secondary N) is 1. The summed E-state index contributed by atoms with van der Waals surface area (Å²) in [7, 11) is 0. The molecule has 0 saturated carbocycles. The Bertz CT molecular complexity index is 952. The lowest BCUT2D eigenvalue weighted by Gasteiger charge is -2.18. The average molecular weight is 325 g/mol. The minimum atomic E-state index is -0.769. The lowest BCUT2D eigenvalue weighted by molar-refractivity contribution is -0.119.